The van der Waals surface area contributed by atoms with Crippen LogP contribution in [0.2, 0.25) is 0 Å². The average molecular weight is 430 g/mol. The number of benzene rings is 2. The van der Waals surface area contributed by atoms with Crippen molar-refractivity contribution < 1.29 is 13.2 Å². The standard InChI is InChI=1S/C16H10F3IN2O/c17-16(18,19)13-8-11(20)14(21)15(23)22(13)12-7-3-5-9-4-1-2-6-10(9)12/h1-8H,21H2. The zero-order chi connectivity index (χ0) is 16.8. The molecule has 2 aromatic carbocycles. The van der Waals surface area contributed by atoms with E-state index in [0.717, 1.165) is 11.5 Å². The lowest BCUT2D eigenvalue weighted by Gasteiger charge is -2.18. The number of anilines is 1. The van der Waals surface area contributed by atoms with E-state index in [4.69, 9.17) is 5.73 Å². The molecule has 2 N–H and O–H groups in total. The van der Waals surface area contributed by atoms with E-state index in [1.807, 2.05) is 0 Å². The highest BCUT2D eigenvalue weighted by Gasteiger charge is 2.36. The Labute approximate surface area is 142 Å². The molecule has 23 heavy (non-hydrogen) atoms. The molecule has 7 heteroatoms. The predicted octanol–water partition coefficient (Wildman–Crippen LogP) is 4.20. The Bertz CT molecular complexity index is 958. The van der Waals surface area contributed by atoms with E-state index < -0.39 is 17.4 Å². The highest BCUT2D eigenvalue weighted by atomic mass is 127. The van der Waals surface area contributed by atoms with Gasteiger partial charge in [0, 0.05) is 8.96 Å². The molecule has 0 radical (unpaired) electrons. The summed E-state index contributed by atoms with van der Waals surface area (Å²) in [5.74, 6) is 0. The minimum absolute atomic E-state index is 0.0800. The number of nitrogen functional groups attached to an aromatic ring is 1. The van der Waals surface area contributed by atoms with E-state index in [2.05, 4.69) is 0 Å². The van der Waals surface area contributed by atoms with Crippen molar-refractivity contribution in [3.05, 3.63) is 68.1 Å². The van der Waals surface area contributed by atoms with E-state index in [0.29, 0.717) is 9.95 Å². The summed E-state index contributed by atoms with van der Waals surface area (Å²) in [5, 5.41) is 1.28. The Kier molecular flexibility index (Phi) is 3.83. The summed E-state index contributed by atoms with van der Waals surface area (Å²) in [6.07, 6.45) is -4.68. The summed E-state index contributed by atoms with van der Waals surface area (Å²) in [5.41, 5.74) is 3.70. The Balaban J connectivity index is 2.48. The minimum atomic E-state index is -4.68. The molecular formula is C16H10F3IN2O. The second kappa shape index (κ2) is 5.55. The van der Waals surface area contributed by atoms with Crippen LogP contribution < -0.4 is 11.3 Å². The number of nitrogens with two attached hydrogens (primary N) is 1. The molecule has 0 aliphatic heterocycles. The maximum atomic E-state index is 13.4. The summed E-state index contributed by atoms with van der Waals surface area (Å²) in [6.45, 7) is 0. The third-order valence-electron chi connectivity index (χ3n) is 3.49. The Hall–Kier alpha value is -2.03. The molecule has 118 valence electrons. The van der Waals surface area contributed by atoms with Crippen molar-refractivity contribution in [2.45, 2.75) is 6.18 Å². The van der Waals surface area contributed by atoms with Crippen LogP contribution in [-0.4, -0.2) is 4.57 Å². The molecule has 0 saturated heterocycles. The molecule has 1 heterocycles. The average Bonchev–Trinajstić information content (AvgIpc) is 2.51. The number of rotatable bonds is 1. The maximum absolute atomic E-state index is 13.4. The van der Waals surface area contributed by atoms with Crippen molar-refractivity contribution in [3.8, 4) is 5.69 Å². The van der Waals surface area contributed by atoms with Crippen molar-refractivity contribution in [2.24, 2.45) is 0 Å². The van der Waals surface area contributed by atoms with Crippen LogP contribution in [0.15, 0.2) is 53.3 Å². The maximum Gasteiger partial charge on any atom is 0.431 e. The third-order valence-corrected chi connectivity index (χ3v) is 4.39. The molecule has 0 aliphatic carbocycles. The number of alkyl halides is 3. The zero-order valence-corrected chi connectivity index (χ0v) is 13.7. The Morgan fingerprint density at radius 3 is 2.39 bits per heavy atom. The molecule has 0 unspecified atom stereocenters. The van der Waals surface area contributed by atoms with Crippen molar-refractivity contribution in [3.63, 3.8) is 0 Å². The normalized spacial score (nSPS) is 11.8. The van der Waals surface area contributed by atoms with Crippen molar-refractivity contribution in [1.29, 1.82) is 0 Å². The van der Waals surface area contributed by atoms with Crippen LogP contribution in [0.4, 0.5) is 18.9 Å². The van der Waals surface area contributed by atoms with E-state index in [-0.39, 0.29) is 14.9 Å². The fourth-order valence-electron chi connectivity index (χ4n) is 2.45. The molecule has 0 fully saturated rings. The van der Waals surface area contributed by atoms with E-state index in [1.54, 1.807) is 59.0 Å². The first-order valence-electron chi connectivity index (χ1n) is 6.57. The third kappa shape index (κ3) is 2.69. The fourth-order valence-corrected chi connectivity index (χ4v) is 2.97. The highest BCUT2D eigenvalue weighted by molar-refractivity contribution is 14.1. The summed E-state index contributed by atoms with van der Waals surface area (Å²) in [4.78, 5) is 12.4. The predicted molar refractivity (Wildman–Crippen MR) is 91.7 cm³/mol. The number of hydrogen-bond acceptors (Lipinski definition) is 2. The van der Waals surface area contributed by atoms with Gasteiger partial charge in [-0.1, -0.05) is 36.4 Å². The second-order valence-corrected chi connectivity index (χ2v) is 6.09. The molecule has 0 atom stereocenters. The minimum Gasteiger partial charge on any atom is -0.393 e. The molecule has 0 amide bonds. The fraction of sp³-hybridized carbons (Fsp3) is 0.0625. The molecular weight excluding hydrogens is 420 g/mol. The quantitative estimate of drug-likeness (QED) is 0.589. The molecule has 0 bridgehead atoms. The number of fused-ring (bicyclic) bond motifs is 1. The number of aromatic nitrogens is 1. The first kappa shape index (κ1) is 15.9. The molecule has 0 saturated carbocycles. The molecule has 3 aromatic rings. The lowest BCUT2D eigenvalue weighted by molar-refractivity contribution is -0.142. The van der Waals surface area contributed by atoms with Gasteiger partial charge in [0.15, 0.2) is 0 Å². The molecule has 0 spiro atoms. The SMILES string of the molecule is Nc1c(I)cc(C(F)(F)F)n(-c2cccc3ccccc23)c1=O. The van der Waals surface area contributed by atoms with Gasteiger partial charge in [-0.05, 0) is 40.1 Å². The number of hydrogen-bond donors (Lipinski definition) is 1. The van der Waals surface area contributed by atoms with Gasteiger partial charge in [-0.15, -0.1) is 0 Å². The monoisotopic (exact) mass is 430 g/mol. The van der Waals surface area contributed by atoms with Gasteiger partial charge >= 0.3 is 6.18 Å². The van der Waals surface area contributed by atoms with Crippen LogP contribution in [0.3, 0.4) is 0 Å². The largest absolute Gasteiger partial charge is 0.431 e. The van der Waals surface area contributed by atoms with Gasteiger partial charge < -0.3 is 5.73 Å². The number of nitrogens with zero attached hydrogens (tertiary/aromatic N) is 1. The van der Waals surface area contributed by atoms with Gasteiger partial charge in [0.25, 0.3) is 5.56 Å². The Morgan fingerprint density at radius 1 is 1.04 bits per heavy atom. The summed E-state index contributed by atoms with van der Waals surface area (Å²) < 4.78 is 41.0. The van der Waals surface area contributed by atoms with E-state index in [1.165, 1.54) is 6.07 Å². The first-order chi connectivity index (χ1) is 10.8. The highest BCUT2D eigenvalue weighted by Crippen LogP contribution is 2.33. The van der Waals surface area contributed by atoms with Crippen LogP contribution in [0.1, 0.15) is 5.69 Å². The summed E-state index contributed by atoms with van der Waals surface area (Å²) in [6, 6.07) is 12.7. The summed E-state index contributed by atoms with van der Waals surface area (Å²) >= 11 is 1.63. The smallest absolute Gasteiger partial charge is 0.393 e. The van der Waals surface area contributed by atoms with Gasteiger partial charge in [0.05, 0.1) is 5.69 Å². The van der Waals surface area contributed by atoms with Crippen molar-refractivity contribution in [1.82, 2.24) is 4.57 Å². The van der Waals surface area contributed by atoms with Gasteiger partial charge in [-0.3, -0.25) is 9.36 Å². The molecule has 3 rings (SSSR count). The van der Waals surface area contributed by atoms with Gasteiger partial charge in [0.1, 0.15) is 11.4 Å². The van der Waals surface area contributed by atoms with Crippen molar-refractivity contribution in [2.75, 3.05) is 5.73 Å². The molecule has 0 aliphatic rings. The summed E-state index contributed by atoms with van der Waals surface area (Å²) in [7, 11) is 0. The topological polar surface area (TPSA) is 48.0 Å². The van der Waals surface area contributed by atoms with Crippen molar-refractivity contribution >= 4 is 39.1 Å². The van der Waals surface area contributed by atoms with E-state index >= 15 is 0 Å². The Morgan fingerprint density at radius 2 is 1.70 bits per heavy atom. The van der Waals surface area contributed by atoms with E-state index in [9.17, 15) is 18.0 Å². The molecule has 3 nitrogen and oxygen atoms in total. The van der Waals surface area contributed by atoms with Gasteiger partial charge in [0.2, 0.25) is 0 Å². The number of pyridine rings is 1. The zero-order valence-electron chi connectivity index (χ0n) is 11.6. The van der Waals surface area contributed by atoms with Gasteiger partial charge in [-0.25, -0.2) is 0 Å². The van der Waals surface area contributed by atoms with Crippen LogP contribution in [-0.2, 0) is 6.18 Å². The second-order valence-electron chi connectivity index (χ2n) is 4.93. The van der Waals surface area contributed by atoms with Crippen LogP contribution in [0, 0.1) is 3.57 Å². The van der Waals surface area contributed by atoms with Crippen LogP contribution >= 0.6 is 22.6 Å². The van der Waals surface area contributed by atoms with Crippen LogP contribution in [0.25, 0.3) is 16.5 Å². The van der Waals surface area contributed by atoms with Gasteiger partial charge in [-0.2, -0.15) is 13.2 Å². The van der Waals surface area contributed by atoms with Crippen LogP contribution in [0.5, 0.6) is 0 Å². The first-order valence-corrected chi connectivity index (χ1v) is 7.65. The lowest BCUT2D eigenvalue weighted by Crippen LogP contribution is -2.29. The number of halogens is 4. The molecule has 1 aromatic heterocycles. The lowest BCUT2D eigenvalue weighted by atomic mass is 10.1.